The fourth-order valence-corrected chi connectivity index (χ4v) is 5.71. The summed E-state index contributed by atoms with van der Waals surface area (Å²) in [6.45, 7) is 4.57. The number of primary amides is 1. The van der Waals surface area contributed by atoms with Crippen LogP contribution < -0.4 is 16.4 Å². The van der Waals surface area contributed by atoms with Gasteiger partial charge >= 0.3 is 0 Å². The van der Waals surface area contributed by atoms with Gasteiger partial charge in [-0.3, -0.25) is 24.2 Å². The van der Waals surface area contributed by atoms with Crippen molar-refractivity contribution in [1.29, 1.82) is 0 Å². The van der Waals surface area contributed by atoms with Crippen molar-refractivity contribution in [2.75, 3.05) is 43.4 Å². The maximum atomic E-state index is 13.3. The zero-order valence-corrected chi connectivity index (χ0v) is 19.3. The number of aryl methyl sites for hydroxylation is 1. The lowest BCUT2D eigenvalue weighted by Crippen LogP contribution is -2.53. The minimum Gasteiger partial charge on any atom is -0.365 e. The molecule has 1 atom stereocenters. The maximum absolute atomic E-state index is 13.3. The fourth-order valence-electron chi connectivity index (χ4n) is 4.41. The molecule has 10 heteroatoms. The van der Waals surface area contributed by atoms with Gasteiger partial charge in [0.15, 0.2) is 0 Å². The number of rotatable bonds is 7. The zero-order chi connectivity index (χ0) is 23.5. The van der Waals surface area contributed by atoms with E-state index in [4.69, 9.17) is 5.73 Å². The molecule has 1 aromatic carbocycles. The Morgan fingerprint density at radius 3 is 2.61 bits per heavy atom. The minimum atomic E-state index is -0.498. The first-order chi connectivity index (χ1) is 15.8. The molecular weight excluding hydrogens is 445 g/mol. The summed E-state index contributed by atoms with van der Waals surface area (Å²) < 4.78 is 13.3. The second kappa shape index (κ2) is 9.98. The van der Waals surface area contributed by atoms with Crippen LogP contribution in [0.15, 0.2) is 24.3 Å². The molecule has 3 amide bonds. The molecule has 1 aliphatic heterocycles. The smallest absolute Gasteiger partial charge is 0.251 e. The molecule has 4 rings (SSSR count). The van der Waals surface area contributed by atoms with Crippen LogP contribution in [0.5, 0.6) is 0 Å². The first-order valence-electron chi connectivity index (χ1n) is 11.1. The van der Waals surface area contributed by atoms with E-state index in [9.17, 15) is 18.8 Å². The number of anilines is 2. The SMILES string of the molecule is C[C@H](C(=O)Nc1sc2c(c1C(N)=O)CCC2)N1CCN(CC(=O)Nc2cccc(F)c2)CC1. The summed E-state index contributed by atoms with van der Waals surface area (Å²) in [4.78, 5) is 42.3. The Kier molecular flexibility index (Phi) is 7.06. The molecule has 2 heterocycles. The highest BCUT2D eigenvalue weighted by Gasteiger charge is 2.30. The number of fused-ring (bicyclic) bond motifs is 1. The molecule has 0 spiro atoms. The van der Waals surface area contributed by atoms with E-state index in [0.29, 0.717) is 42.4 Å². The van der Waals surface area contributed by atoms with E-state index in [-0.39, 0.29) is 24.4 Å². The molecule has 0 bridgehead atoms. The Bertz CT molecular complexity index is 1060. The minimum absolute atomic E-state index is 0.172. The van der Waals surface area contributed by atoms with Gasteiger partial charge in [0.05, 0.1) is 18.2 Å². The predicted octanol–water partition coefficient (Wildman–Crippen LogP) is 2.06. The van der Waals surface area contributed by atoms with Crippen molar-refractivity contribution in [1.82, 2.24) is 9.80 Å². The predicted molar refractivity (Wildman–Crippen MR) is 126 cm³/mol. The third-order valence-corrected chi connectivity index (χ3v) is 7.42. The average molecular weight is 474 g/mol. The number of hydrogen-bond acceptors (Lipinski definition) is 6. The van der Waals surface area contributed by atoms with Crippen LogP contribution in [0.3, 0.4) is 0 Å². The lowest BCUT2D eigenvalue weighted by Gasteiger charge is -2.37. The monoisotopic (exact) mass is 473 g/mol. The summed E-state index contributed by atoms with van der Waals surface area (Å²) in [5.74, 6) is -1.27. The zero-order valence-electron chi connectivity index (χ0n) is 18.5. The Balaban J connectivity index is 1.28. The Hall–Kier alpha value is -2.82. The molecule has 1 saturated heterocycles. The molecule has 0 unspecified atom stereocenters. The Labute approximate surface area is 195 Å². The van der Waals surface area contributed by atoms with Crippen LogP contribution >= 0.6 is 11.3 Å². The van der Waals surface area contributed by atoms with Crippen LogP contribution in [0.2, 0.25) is 0 Å². The number of carbonyl (C=O) groups is 3. The van der Waals surface area contributed by atoms with E-state index in [2.05, 4.69) is 15.5 Å². The topological polar surface area (TPSA) is 108 Å². The summed E-state index contributed by atoms with van der Waals surface area (Å²) in [5.41, 5.74) is 7.46. The molecule has 8 nitrogen and oxygen atoms in total. The standard InChI is InChI=1S/C23H28FN5O3S/c1-14(22(32)27-23-20(21(25)31)17-6-3-7-18(17)33-23)29-10-8-28(9-11-29)13-19(30)26-16-5-2-4-15(24)12-16/h2,4-5,12,14H,3,6-11,13H2,1H3,(H2,25,31)(H,26,30)(H,27,32)/t14-/m1/s1. The quantitative estimate of drug-likeness (QED) is 0.571. The normalized spacial score (nSPS) is 17.4. The summed E-state index contributed by atoms with van der Waals surface area (Å²) in [5, 5.41) is 6.18. The average Bonchev–Trinajstić information content (AvgIpc) is 3.34. The van der Waals surface area contributed by atoms with Crippen LogP contribution in [0.4, 0.5) is 15.1 Å². The highest BCUT2D eigenvalue weighted by molar-refractivity contribution is 7.17. The number of carbonyl (C=O) groups excluding carboxylic acids is 3. The fraction of sp³-hybridized carbons (Fsp3) is 0.435. The lowest BCUT2D eigenvalue weighted by atomic mass is 10.1. The van der Waals surface area contributed by atoms with Gasteiger partial charge in [-0.15, -0.1) is 11.3 Å². The molecule has 2 aromatic rings. The second-order valence-corrected chi connectivity index (χ2v) is 9.57. The number of nitrogens with one attached hydrogen (secondary N) is 2. The summed E-state index contributed by atoms with van der Waals surface area (Å²) in [6, 6.07) is 5.41. The molecule has 176 valence electrons. The van der Waals surface area contributed by atoms with Gasteiger partial charge < -0.3 is 16.4 Å². The molecule has 33 heavy (non-hydrogen) atoms. The van der Waals surface area contributed by atoms with Gasteiger partial charge in [0, 0.05) is 36.7 Å². The van der Waals surface area contributed by atoms with Crippen LogP contribution in [0.25, 0.3) is 0 Å². The van der Waals surface area contributed by atoms with Crippen molar-refractivity contribution in [3.63, 3.8) is 0 Å². The van der Waals surface area contributed by atoms with Crippen molar-refractivity contribution in [3.8, 4) is 0 Å². The van der Waals surface area contributed by atoms with Gasteiger partial charge in [0.2, 0.25) is 11.8 Å². The molecule has 0 saturated carbocycles. The molecule has 1 aromatic heterocycles. The van der Waals surface area contributed by atoms with E-state index < -0.39 is 11.7 Å². The van der Waals surface area contributed by atoms with Crippen molar-refractivity contribution >= 4 is 39.7 Å². The van der Waals surface area contributed by atoms with E-state index >= 15 is 0 Å². The number of nitrogens with two attached hydrogens (primary N) is 1. The van der Waals surface area contributed by atoms with E-state index in [0.717, 1.165) is 29.7 Å². The molecule has 4 N–H and O–H groups in total. The van der Waals surface area contributed by atoms with Crippen LogP contribution in [0, 0.1) is 5.82 Å². The summed E-state index contributed by atoms with van der Waals surface area (Å²) in [6.07, 6.45) is 2.75. The molecule has 1 aliphatic carbocycles. The third kappa shape index (κ3) is 5.40. The lowest BCUT2D eigenvalue weighted by molar-refractivity contribution is -0.122. The number of piperazine rings is 1. The number of nitrogens with zero attached hydrogens (tertiary/aromatic N) is 2. The number of benzene rings is 1. The van der Waals surface area contributed by atoms with E-state index in [1.165, 1.54) is 23.5 Å². The second-order valence-electron chi connectivity index (χ2n) is 8.46. The van der Waals surface area contributed by atoms with Crippen molar-refractivity contribution < 1.29 is 18.8 Å². The van der Waals surface area contributed by atoms with Gasteiger partial charge in [-0.25, -0.2) is 4.39 Å². The van der Waals surface area contributed by atoms with Gasteiger partial charge in [-0.1, -0.05) is 6.07 Å². The molecule has 2 aliphatic rings. The van der Waals surface area contributed by atoms with E-state index in [1.54, 1.807) is 12.1 Å². The highest BCUT2D eigenvalue weighted by Crippen LogP contribution is 2.38. The number of thiophene rings is 1. The summed E-state index contributed by atoms with van der Waals surface area (Å²) >= 11 is 1.45. The summed E-state index contributed by atoms with van der Waals surface area (Å²) in [7, 11) is 0. The van der Waals surface area contributed by atoms with E-state index in [1.807, 2.05) is 11.8 Å². The van der Waals surface area contributed by atoms with Crippen LogP contribution in [-0.2, 0) is 22.4 Å². The van der Waals surface area contributed by atoms with Crippen LogP contribution in [0.1, 0.15) is 34.1 Å². The van der Waals surface area contributed by atoms with Gasteiger partial charge in [-0.2, -0.15) is 0 Å². The molecule has 0 radical (unpaired) electrons. The first kappa shape index (κ1) is 23.3. The van der Waals surface area contributed by atoms with Crippen molar-refractivity contribution in [2.45, 2.75) is 32.2 Å². The van der Waals surface area contributed by atoms with Crippen molar-refractivity contribution in [2.24, 2.45) is 5.73 Å². The molecular formula is C23H28FN5O3S. The van der Waals surface area contributed by atoms with Gasteiger partial charge in [-0.05, 0) is 49.9 Å². The number of hydrogen-bond donors (Lipinski definition) is 3. The Morgan fingerprint density at radius 1 is 1.15 bits per heavy atom. The van der Waals surface area contributed by atoms with Crippen LogP contribution in [-0.4, -0.2) is 66.3 Å². The Morgan fingerprint density at radius 2 is 1.91 bits per heavy atom. The molecule has 1 fully saturated rings. The van der Waals surface area contributed by atoms with Gasteiger partial charge in [0.25, 0.3) is 5.91 Å². The number of halogens is 1. The highest BCUT2D eigenvalue weighted by atomic mass is 32.1. The van der Waals surface area contributed by atoms with Gasteiger partial charge in [0.1, 0.15) is 10.8 Å². The third-order valence-electron chi connectivity index (χ3n) is 6.21. The van der Waals surface area contributed by atoms with Crippen molar-refractivity contribution in [3.05, 3.63) is 46.1 Å². The number of amides is 3. The first-order valence-corrected chi connectivity index (χ1v) is 11.9. The largest absolute Gasteiger partial charge is 0.365 e. The maximum Gasteiger partial charge on any atom is 0.251 e.